The van der Waals surface area contributed by atoms with Crippen LogP contribution in [0.2, 0.25) is 0 Å². The summed E-state index contributed by atoms with van der Waals surface area (Å²) >= 11 is 0. The summed E-state index contributed by atoms with van der Waals surface area (Å²) in [5.41, 5.74) is 3.74. The zero-order valence-corrected chi connectivity index (χ0v) is 23.9. The second-order valence-electron chi connectivity index (χ2n) is 11.0. The lowest BCUT2D eigenvalue weighted by molar-refractivity contribution is -0.185. The molecule has 0 bridgehead atoms. The van der Waals surface area contributed by atoms with Crippen LogP contribution in [0, 0.1) is 13.8 Å². The third-order valence-electron chi connectivity index (χ3n) is 7.81. The molecule has 2 aliphatic rings. The van der Waals surface area contributed by atoms with E-state index in [1.807, 2.05) is 30.0 Å². The summed E-state index contributed by atoms with van der Waals surface area (Å²) in [6.45, 7) is 6.20. The summed E-state index contributed by atoms with van der Waals surface area (Å²) in [6.07, 6.45) is -1.41. The smallest absolute Gasteiger partial charge is 0.464 e. The van der Waals surface area contributed by atoms with Crippen LogP contribution in [-0.4, -0.2) is 67.1 Å². The number of nitrogens with one attached hydrogen (secondary N) is 1. The van der Waals surface area contributed by atoms with Gasteiger partial charge in [-0.15, -0.1) is 0 Å². The molecule has 0 aliphatic carbocycles. The number of aromatic nitrogens is 1. The topological polar surface area (TPSA) is 81.9 Å². The van der Waals surface area contributed by atoms with E-state index in [4.69, 9.17) is 4.42 Å². The Morgan fingerprint density at radius 1 is 0.929 bits per heavy atom. The van der Waals surface area contributed by atoms with E-state index in [1.165, 1.54) is 6.42 Å². The van der Waals surface area contributed by atoms with Gasteiger partial charge in [0.2, 0.25) is 5.91 Å². The highest BCUT2D eigenvalue weighted by Gasteiger charge is 2.43. The molecule has 1 aromatic carbocycles. The van der Waals surface area contributed by atoms with Crippen LogP contribution in [0.4, 0.5) is 24.7 Å². The highest BCUT2D eigenvalue weighted by Crippen LogP contribution is 2.34. The second kappa shape index (κ2) is 12.5. The Kier molecular flexibility index (Phi) is 8.74. The first kappa shape index (κ1) is 29.5. The molecule has 1 atom stereocenters. The summed E-state index contributed by atoms with van der Waals surface area (Å²) in [4.78, 5) is 34.7. The van der Waals surface area contributed by atoms with Crippen molar-refractivity contribution >= 4 is 23.3 Å². The van der Waals surface area contributed by atoms with E-state index < -0.39 is 18.1 Å². The molecule has 0 radical (unpaired) electrons. The SMILES string of the molecule is Cc1ccc(C(NC(=O)Cc2cccc(N3CCN(C(=O)C(F)(F)F)CC3)n2)c2ccc(C)o2)c(N2CCCCC2)c1. The van der Waals surface area contributed by atoms with Crippen LogP contribution >= 0.6 is 0 Å². The van der Waals surface area contributed by atoms with Crippen LogP contribution in [-0.2, 0) is 16.0 Å². The number of hydrogen-bond acceptors (Lipinski definition) is 6. The number of nitrogens with zero attached hydrogens (tertiary/aromatic N) is 4. The molecular formula is C31H36F3N5O3. The van der Waals surface area contributed by atoms with Crippen molar-refractivity contribution in [1.82, 2.24) is 15.2 Å². The maximum absolute atomic E-state index is 13.5. The number of alkyl halides is 3. The molecule has 2 saturated heterocycles. The highest BCUT2D eigenvalue weighted by molar-refractivity contribution is 5.82. The Labute approximate surface area is 243 Å². The van der Waals surface area contributed by atoms with Gasteiger partial charge < -0.3 is 24.4 Å². The van der Waals surface area contributed by atoms with Gasteiger partial charge in [-0.3, -0.25) is 9.59 Å². The molecular weight excluding hydrogens is 547 g/mol. The third-order valence-corrected chi connectivity index (χ3v) is 7.81. The number of carbonyl (C=O) groups excluding carboxylic acids is 2. The number of amides is 2. The number of hydrogen-bond donors (Lipinski definition) is 1. The average Bonchev–Trinajstić information content (AvgIpc) is 3.41. The van der Waals surface area contributed by atoms with Gasteiger partial charge >= 0.3 is 12.1 Å². The van der Waals surface area contributed by atoms with Crippen molar-refractivity contribution < 1.29 is 27.2 Å². The van der Waals surface area contributed by atoms with Crippen LogP contribution in [0.25, 0.3) is 0 Å². The summed E-state index contributed by atoms with van der Waals surface area (Å²) in [7, 11) is 0. The molecule has 2 aliphatic heterocycles. The minimum atomic E-state index is -4.88. The van der Waals surface area contributed by atoms with Crippen molar-refractivity contribution in [3.05, 3.63) is 76.9 Å². The van der Waals surface area contributed by atoms with Gasteiger partial charge in [0, 0.05) is 50.5 Å². The van der Waals surface area contributed by atoms with E-state index in [2.05, 4.69) is 34.3 Å². The Hall–Kier alpha value is -4.02. The van der Waals surface area contributed by atoms with E-state index in [9.17, 15) is 22.8 Å². The molecule has 11 heteroatoms. The van der Waals surface area contributed by atoms with Crippen molar-refractivity contribution in [3.8, 4) is 0 Å². The Morgan fingerprint density at radius 3 is 2.33 bits per heavy atom. The number of piperazine rings is 1. The Balaban J connectivity index is 1.31. The van der Waals surface area contributed by atoms with Gasteiger partial charge in [0.05, 0.1) is 12.1 Å². The van der Waals surface area contributed by atoms with E-state index in [-0.39, 0.29) is 38.5 Å². The van der Waals surface area contributed by atoms with Gasteiger partial charge in [0.15, 0.2) is 0 Å². The van der Waals surface area contributed by atoms with Crippen molar-refractivity contribution in [1.29, 1.82) is 0 Å². The van der Waals surface area contributed by atoms with Crippen LogP contribution in [0.1, 0.15) is 53.6 Å². The Bertz CT molecular complexity index is 1410. The Morgan fingerprint density at radius 2 is 1.67 bits per heavy atom. The number of rotatable bonds is 7. The van der Waals surface area contributed by atoms with Crippen LogP contribution in [0.3, 0.4) is 0 Å². The largest absolute Gasteiger partial charge is 0.471 e. The minimum Gasteiger partial charge on any atom is -0.464 e. The summed E-state index contributed by atoms with van der Waals surface area (Å²) in [5.74, 6) is -0.0925. The molecule has 0 saturated carbocycles. The number of aryl methyl sites for hydroxylation is 2. The lowest BCUT2D eigenvalue weighted by Crippen LogP contribution is -2.52. The molecule has 2 amide bonds. The molecule has 1 N–H and O–H groups in total. The minimum absolute atomic E-state index is 0.0153. The molecule has 8 nitrogen and oxygen atoms in total. The normalized spacial score (nSPS) is 16.8. The van der Waals surface area contributed by atoms with Crippen LogP contribution < -0.4 is 15.1 Å². The van der Waals surface area contributed by atoms with Gasteiger partial charge in [-0.25, -0.2) is 4.98 Å². The third kappa shape index (κ3) is 6.88. The predicted molar refractivity (Wildman–Crippen MR) is 153 cm³/mol. The first-order valence-electron chi connectivity index (χ1n) is 14.4. The zero-order valence-electron chi connectivity index (χ0n) is 23.9. The number of carbonyl (C=O) groups is 2. The molecule has 0 spiro atoms. The molecule has 3 aromatic rings. The molecule has 5 rings (SSSR count). The number of anilines is 2. The van der Waals surface area contributed by atoms with E-state index in [0.717, 1.165) is 53.4 Å². The molecule has 2 aromatic heterocycles. The fourth-order valence-corrected chi connectivity index (χ4v) is 5.65. The van der Waals surface area contributed by atoms with Crippen LogP contribution in [0.15, 0.2) is 52.9 Å². The zero-order chi connectivity index (χ0) is 29.9. The highest BCUT2D eigenvalue weighted by atomic mass is 19.4. The number of pyridine rings is 1. The van der Waals surface area contributed by atoms with E-state index in [1.54, 1.807) is 18.2 Å². The molecule has 1 unspecified atom stereocenters. The van der Waals surface area contributed by atoms with Gasteiger partial charge in [-0.2, -0.15) is 13.2 Å². The fraction of sp³-hybridized carbons (Fsp3) is 0.452. The predicted octanol–water partition coefficient (Wildman–Crippen LogP) is 4.94. The van der Waals surface area contributed by atoms with Gasteiger partial charge in [-0.1, -0.05) is 18.2 Å². The summed E-state index contributed by atoms with van der Waals surface area (Å²) in [6, 6.07) is 14.8. The first-order valence-corrected chi connectivity index (χ1v) is 14.4. The lowest BCUT2D eigenvalue weighted by Gasteiger charge is -2.35. The molecule has 42 heavy (non-hydrogen) atoms. The molecule has 224 valence electrons. The maximum atomic E-state index is 13.5. The van der Waals surface area contributed by atoms with Crippen molar-refractivity contribution in [2.24, 2.45) is 0 Å². The van der Waals surface area contributed by atoms with Crippen molar-refractivity contribution in [2.45, 2.75) is 51.7 Å². The molecule has 2 fully saturated rings. The lowest BCUT2D eigenvalue weighted by atomic mass is 9.98. The average molecular weight is 584 g/mol. The van der Waals surface area contributed by atoms with E-state index in [0.29, 0.717) is 17.3 Å². The monoisotopic (exact) mass is 583 g/mol. The number of piperidine rings is 1. The van der Waals surface area contributed by atoms with E-state index >= 15 is 0 Å². The second-order valence-corrected chi connectivity index (χ2v) is 11.0. The summed E-state index contributed by atoms with van der Waals surface area (Å²) in [5, 5.41) is 3.18. The number of halogens is 3. The van der Waals surface area contributed by atoms with Gasteiger partial charge in [0.1, 0.15) is 23.4 Å². The summed E-state index contributed by atoms with van der Waals surface area (Å²) < 4.78 is 44.4. The maximum Gasteiger partial charge on any atom is 0.471 e. The van der Waals surface area contributed by atoms with Crippen molar-refractivity contribution in [3.63, 3.8) is 0 Å². The fourth-order valence-electron chi connectivity index (χ4n) is 5.65. The van der Waals surface area contributed by atoms with Gasteiger partial charge in [-0.05, 0) is 69.0 Å². The first-order chi connectivity index (χ1) is 20.1. The van der Waals surface area contributed by atoms with Crippen molar-refractivity contribution in [2.75, 3.05) is 49.1 Å². The van der Waals surface area contributed by atoms with Crippen LogP contribution in [0.5, 0.6) is 0 Å². The number of benzene rings is 1. The quantitative estimate of drug-likeness (QED) is 0.425. The molecule has 4 heterocycles. The number of furan rings is 1. The standard InChI is InChI=1S/C31H36F3N5O3/c1-21-9-11-24(25(19-21)37-13-4-3-5-14-37)29(26-12-10-22(2)42-26)36-28(40)20-23-7-6-8-27(35-23)38-15-17-39(18-16-38)30(41)31(32,33)34/h6-12,19,29H,3-5,13-18,20H2,1-2H3,(H,36,40). The van der Waals surface area contributed by atoms with Gasteiger partial charge in [0.25, 0.3) is 0 Å².